The van der Waals surface area contributed by atoms with Gasteiger partial charge in [-0.15, -0.1) is 11.3 Å². The molecule has 0 atom stereocenters. The van der Waals surface area contributed by atoms with Crippen LogP contribution in [-0.2, 0) is 11.2 Å². The van der Waals surface area contributed by atoms with E-state index in [0.29, 0.717) is 24.0 Å². The molecule has 0 bridgehead atoms. The topological polar surface area (TPSA) is 106 Å². The van der Waals surface area contributed by atoms with Crippen molar-refractivity contribution in [1.82, 2.24) is 20.3 Å². The van der Waals surface area contributed by atoms with Crippen molar-refractivity contribution in [2.24, 2.45) is 0 Å². The lowest BCUT2D eigenvalue weighted by atomic mass is 10.2. The zero-order valence-electron chi connectivity index (χ0n) is 15.0. The number of nitrogens with one attached hydrogen (secondary N) is 2. The minimum atomic E-state index is -0.173. The van der Waals surface area contributed by atoms with E-state index < -0.39 is 0 Å². The maximum Gasteiger partial charge on any atom is 0.227 e. The normalized spacial score (nSPS) is 10.8. The Balaban J connectivity index is 1.32. The van der Waals surface area contributed by atoms with Gasteiger partial charge in [-0.1, -0.05) is 11.2 Å². The third-order valence-electron chi connectivity index (χ3n) is 4.01. The fourth-order valence-corrected chi connectivity index (χ4v) is 3.28. The molecule has 0 unspecified atom stereocenters. The van der Waals surface area contributed by atoms with Crippen LogP contribution >= 0.6 is 11.3 Å². The van der Waals surface area contributed by atoms with Crippen LogP contribution < -0.4 is 10.1 Å². The molecule has 0 aliphatic rings. The Morgan fingerprint density at radius 2 is 2.14 bits per heavy atom. The number of amides is 1. The Bertz CT molecular complexity index is 1050. The summed E-state index contributed by atoms with van der Waals surface area (Å²) >= 11 is 1.60. The average Bonchev–Trinajstić information content (AvgIpc) is 3.47. The molecule has 1 amide bonds. The van der Waals surface area contributed by atoms with Crippen molar-refractivity contribution in [3.63, 3.8) is 0 Å². The highest BCUT2D eigenvalue weighted by Crippen LogP contribution is 2.24. The molecule has 4 rings (SSSR count). The highest BCUT2D eigenvalue weighted by Gasteiger charge is 2.12. The highest BCUT2D eigenvalue weighted by molar-refractivity contribution is 7.13. The molecule has 0 saturated heterocycles. The summed E-state index contributed by atoms with van der Waals surface area (Å²) < 4.78 is 10.4. The van der Waals surface area contributed by atoms with Gasteiger partial charge in [0.1, 0.15) is 5.75 Å². The molecule has 9 heteroatoms. The SMILES string of the molecule is COc1ccc(-c2noc(CCC(=O)Nc3cc(-c4cccs4)[nH]n3)n2)cc1. The third kappa shape index (κ3) is 4.09. The van der Waals surface area contributed by atoms with Crippen LogP contribution in [-0.4, -0.2) is 33.4 Å². The Hall–Kier alpha value is -3.46. The van der Waals surface area contributed by atoms with Crippen LogP contribution in [0, 0.1) is 0 Å². The first-order chi connectivity index (χ1) is 13.7. The average molecular weight is 395 g/mol. The fraction of sp³-hybridized carbons (Fsp3) is 0.158. The van der Waals surface area contributed by atoms with Gasteiger partial charge in [-0.3, -0.25) is 9.89 Å². The molecule has 0 radical (unpaired) electrons. The molecule has 8 nitrogen and oxygen atoms in total. The number of hydrogen-bond acceptors (Lipinski definition) is 7. The molecule has 3 heterocycles. The fourth-order valence-electron chi connectivity index (χ4n) is 2.58. The van der Waals surface area contributed by atoms with Gasteiger partial charge in [0.25, 0.3) is 0 Å². The van der Waals surface area contributed by atoms with Crippen LogP contribution in [0.2, 0.25) is 0 Å². The van der Waals surface area contributed by atoms with E-state index in [9.17, 15) is 4.79 Å². The molecule has 0 fully saturated rings. The molecular formula is C19H17N5O3S. The van der Waals surface area contributed by atoms with Crippen molar-refractivity contribution in [3.05, 3.63) is 53.7 Å². The van der Waals surface area contributed by atoms with Crippen molar-refractivity contribution >= 4 is 23.1 Å². The number of ether oxygens (including phenoxy) is 1. The third-order valence-corrected chi connectivity index (χ3v) is 4.92. The lowest BCUT2D eigenvalue weighted by Crippen LogP contribution is -2.12. The van der Waals surface area contributed by atoms with Crippen molar-refractivity contribution < 1.29 is 14.1 Å². The largest absolute Gasteiger partial charge is 0.497 e. The molecule has 0 aliphatic carbocycles. The first-order valence-corrected chi connectivity index (χ1v) is 9.45. The molecule has 0 aliphatic heterocycles. The summed E-state index contributed by atoms with van der Waals surface area (Å²) in [6.45, 7) is 0. The second-order valence-corrected chi connectivity index (χ2v) is 6.88. The molecular weight excluding hydrogens is 378 g/mol. The van der Waals surface area contributed by atoms with E-state index in [2.05, 4.69) is 25.7 Å². The molecule has 28 heavy (non-hydrogen) atoms. The quantitative estimate of drug-likeness (QED) is 0.493. The summed E-state index contributed by atoms with van der Waals surface area (Å²) in [6, 6.07) is 13.1. The van der Waals surface area contributed by atoms with Crippen LogP contribution in [0.3, 0.4) is 0 Å². The molecule has 142 valence electrons. The predicted molar refractivity (Wildman–Crippen MR) is 105 cm³/mol. The second-order valence-electron chi connectivity index (χ2n) is 5.93. The second kappa shape index (κ2) is 8.05. The molecule has 0 spiro atoms. The number of aromatic nitrogens is 4. The van der Waals surface area contributed by atoms with Gasteiger partial charge in [0.15, 0.2) is 5.82 Å². The molecule has 1 aromatic carbocycles. The van der Waals surface area contributed by atoms with Crippen molar-refractivity contribution in [2.45, 2.75) is 12.8 Å². The van der Waals surface area contributed by atoms with Crippen LogP contribution in [0.1, 0.15) is 12.3 Å². The van der Waals surface area contributed by atoms with Gasteiger partial charge in [0.2, 0.25) is 17.6 Å². The number of benzene rings is 1. The summed E-state index contributed by atoms with van der Waals surface area (Å²) in [5.74, 6) is 1.95. The highest BCUT2D eigenvalue weighted by atomic mass is 32.1. The van der Waals surface area contributed by atoms with Crippen molar-refractivity contribution in [2.75, 3.05) is 12.4 Å². The van der Waals surface area contributed by atoms with E-state index >= 15 is 0 Å². The van der Waals surface area contributed by atoms with E-state index in [1.54, 1.807) is 24.5 Å². The van der Waals surface area contributed by atoms with Crippen molar-refractivity contribution in [1.29, 1.82) is 0 Å². The number of methoxy groups -OCH3 is 1. The standard InChI is InChI=1S/C19H17N5O3S/c1-26-13-6-4-12(5-7-13)19-21-18(27-24-19)9-8-17(25)20-16-11-14(22-23-16)15-3-2-10-28-15/h2-7,10-11H,8-9H2,1H3,(H2,20,22,23,25). The maximum atomic E-state index is 12.2. The number of thiophene rings is 1. The van der Waals surface area contributed by atoms with Crippen LogP contribution in [0.15, 0.2) is 52.4 Å². The number of carbonyl (C=O) groups excluding carboxylic acids is 1. The van der Waals surface area contributed by atoms with Gasteiger partial charge < -0.3 is 14.6 Å². The van der Waals surface area contributed by atoms with Gasteiger partial charge in [0, 0.05) is 24.5 Å². The Labute approximate surface area is 164 Å². The first-order valence-electron chi connectivity index (χ1n) is 8.57. The monoisotopic (exact) mass is 395 g/mol. The number of aromatic amines is 1. The lowest BCUT2D eigenvalue weighted by molar-refractivity contribution is -0.116. The minimum Gasteiger partial charge on any atom is -0.497 e. The molecule has 3 aromatic heterocycles. The number of carbonyl (C=O) groups is 1. The lowest BCUT2D eigenvalue weighted by Gasteiger charge is -1.99. The predicted octanol–water partition coefficient (Wildman–Crippen LogP) is 3.77. The number of hydrogen-bond donors (Lipinski definition) is 2. The Morgan fingerprint density at radius 3 is 2.89 bits per heavy atom. The first kappa shape index (κ1) is 17.9. The van der Waals surface area contributed by atoms with E-state index in [1.807, 2.05) is 41.8 Å². The summed E-state index contributed by atoms with van der Waals surface area (Å²) in [5.41, 5.74) is 1.68. The Morgan fingerprint density at radius 1 is 1.29 bits per heavy atom. The minimum absolute atomic E-state index is 0.173. The summed E-state index contributed by atoms with van der Waals surface area (Å²) in [6.07, 6.45) is 0.558. The van der Waals surface area contributed by atoms with E-state index in [4.69, 9.17) is 9.26 Å². The maximum absolute atomic E-state index is 12.2. The van der Waals surface area contributed by atoms with E-state index in [1.165, 1.54) is 0 Å². The summed E-state index contributed by atoms with van der Waals surface area (Å²) in [7, 11) is 1.61. The van der Waals surface area contributed by atoms with Gasteiger partial charge in [-0.25, -0.2) is 0 Å². The van der Waals surface area contributed by atoms with Gasteiger partial charge >= 0.3 is 0 Å². The van der Waals surface area contributed by atoms with E-state index in [0.717, 1.165) is 21.9 Å². The number of rotatable bonds is 7. The van der Waals surface area contributed by atoms with Gasteiger partial charge in [-0.05, 0) is 35.7 Å². The Kier molecular flexibility index (Phi) is 5.16. The number of nitrogens with zero attached hydrogens (tertiary/aromatic N) is 3. The molecule has 0 saturated carbocycles. The zero-order chi connectivity index (χ0) is 19.3. The molecule has 2 N–H and O–H groups in total. The van der Waals surface area contributed by atoms with Crippen LogP contribution in [0.4, 0.5) is 5.82 Å². The van der Waals surface area contributed by atoms with Gasteiger partial charge in [-0.2, -0.15) is 10.1 Å². The zero-order valence-corrected chi connectivity index (χ0v) is 15.8. The molecule has 4 aromatic rings. The van der Waals surface area contributed by atoms with E-state index in [-0.39, 0.29) is 12.3 Å². The number of H-pyrrole nitrogens is 1. The summed E-state index contributed by atoms with van der Waals surface area (Å²) in [5, 5.41) is 15.7. The number of aryl methyl sites for hydroxylation is 1. The van der Waals surface area contributed by atoms with Crippen molar-refractivity contribution in [3.8, 4) is 27.7 Å². The smallest absolute Gasteiger partial charge is 0.227 e. The summed E-state index contributed by atoms with van der Waals surface area (Å²) in [4.78, 5) is 17.6. The van der Waals surface area contributed by atoms with Gasteiger partial charge in [0.05, 0.1) is 17.7 Å². The van der Waals surface area contributed by atoms with Crippen LogP contribution in [0.25, 0.3) is 22.0 Å². The van der Waals surface area contributed by atoms with Crippen LogP contribution in [0.5, 0.6) is 5.75 Å². The number of anilines is 1.